The number of halogens is 1. The van der Waals surface area contributed by atoms with Crippen LogP contribution >= 0.6 is 11.3 Å². The summed E-state index contributed by atoms with van der Waals surface area (Å²) in [4.78, 5) is 11.9. The molecule has 3 nitrogen and oxygen atoms in total. The van der Waals surface area contributed by atoms with Crippen molar-refractivity contribution in [3.63, 3.8) is 0 Å². The Morgan fingerprint density at radius 1 is 1.24 bits per heavy atom. The zero-order valence-corrected chi connectivity index (χ0v) is 11.8. The number of benzene rings is 2. The molecule has 3 aromatic rings. The van der Waals surface area contributed by atoms with Gasteiger partial charge in [0.15, 0.2) is 0 Å². The van der Waals surface area contributed by atoms with Gasteiger partial charge in [0.05, 0.1) is 11.3 Å². The molecule has 2 aromatic carbocycles. The van der Waals surface area contributed by atoms with E-state index in [1.54, 1.807) is 11.3 Å². The van der Waals surface area contributed by atoms with Crippen LogP contribution in [0.2, 0.25) is 0 Å². The number of ether oxygens (including phenoxy) is 1. The fourth-order valence-electron chi connectivity index (χ4n) is 2.04. The molecule has 0 radical (unpaired) electrons. The molecule has 0 unspecified atom stereocenters. The Morgan fingerprint density at radius 2 is 2.05 bits per heavy atom. The van der Waals surface area contributed by atoms with Gasteiger partial charge in [-0.2, -0.15) is 0 Å². The summed E-state index contributed by atoms with van der Waals surface area (Å²) in [5.74, 6) is -1.06. The van der Waals surface area contributed by atoms with Gasteiger partial charge in [-0.1, -0.05) is 18.2 Å². The molecule has 0 bridgehead atoms. The minimum absolute atomic E-state index is 0.0644. The van der Waals surface area contributed by atoms with Gasteiger partial charge < -0.3 is 10.5 Å². The number of thiophene rings is 1. The van der Waals surface area contributed by atoms with Crippen LogP contribution in [0.1, 0.15) is 15.9 Å². The average molecular weight is 301 g/mol. The summed E-state index contributed by atoms with van der Waals surface area (Å²) in [6.07, 6.45) is 0. The van der Waals surface area contributed by atoms with E-state index in [2.05, 4.69) is 0 Å². The monoisotopic (exact) mass is 301 g/mol. The smallest absolute Gasteiger partial charge is 0.338 e. The predicted molar refractivity (Wildman–Crippen MR) is 81.8 cm³/mol. The van der Waals surface area contributed by atoms with Crippen LogP contribution in [0.4, 0.5) is 10.1 Å². The first-order valence-electron chi connectivity index (χ1n) is 6.32. The highest BCUT2D eigenvalue weighted by molar-refractivity contribution is 7.17. The highest BCUT2D eigenvalue weighted by Gasteiger charge is 2.11. The third kappa shape index (κ3) is 2.73. The first-order valence-corrected chi connectivity index (χ1v) is 7.20. The van der Waals surface area contributed by atoms with Crippen molar-refractivity contribution in [1.82, 2.24) is 0 Å². The van der Waals surface area contributed by atoms with Crippen molar-refractivity contribution >= 4 is 33.1 Å². The van der Waals surface area contributed by atoms with Crippen LogP contribution in [0.15, 0.2) is 47.8 Å². The van der Waals surface area contributed by atoms with E-state index in [0.717, 1.165) is 21.7 Å². The number of fused-ring (bicyclic) bond motifs is 1. The fraction of sp³-hybridized carbons (Fsp3) is 0.0625. The van der Waals surface area contributed by atoms with Crippen molar-refractivity contribution in [1.29, 1.82) is 0 Å². The molecule has 0 spiro atoms. The van der Waals surface area contributed by atoms with Gasteiger partial charge >= 0.3 is 5.97 Å². The second-order valence-corrected chi connectivity index (χ2v) is 5.48. The van der Waals surface area contributed by atoms with Crippen LogP contribution in [-0.2, 0) is 11.3 Å². The van der Waals surface area contributed by atoms with Crippen LogP contribution in [0.25, 0.3) is 10.1 Å². The van der Waals surface area contributed by atoms with Crippen molar-refractivity contribution < 1.29 is 13.9 Å². The molecular weight excluding hydrogens is 289 g/mol. The van der Waals surface area contributed by atoms with Crippen molar-refractivity contribution in [2.75, 3.05) is 5.73 Å². The molecule has 0 atom stereocenters. The fourth-order valence-corrected chi connectivity index (χ4v) is 2.99. The first-order chi connectivity index (χ1) is 10.1. The second-order valence-electron chi connectivity index (χ2n) is 4.57. The number of hydrogen-bond acceptors (Lipinski definition) is 4. The lowest BCUT2D eigenvalue weighted by atomic mass is 10.2. The summed E-state index contributed by atoms with van der Waals surface area (Å²) in [6.45, 7) is 0.181. The molecule has 0 aliphatic carbocycles. The minimum atomic E-state index is -0.546. The van der Waals surface area contributed by atoms with Crippen LogP contribution in [0, 0.1) is 5.82 Å². The highest BCUT2D eigenvalue weighted by atomic mass is 32.1. The second kappa shape index (κ2) is 5.54. The Hall–Kier alpha value is -2.40. The van der Waals surface area contributed by atoms with Crippen molar-refractivity contribution in [3.8, 4) is 0 Å². The minimum Gasteiger partial charge on any atom is -0.457 e. The Labute approximate surface area is 124 Å². The third-order valence-corrected chi connectivity index (χ3v) is 4.16. The van der Waals surface area contributed by atoms with Gasteiger partial charge in [0.1, 0.15) is 12.4 Å². The molecule has 0 saturated carbocycles. The topological polar surface area (TPSA) is 52.3 Å². The molecule has 5 heteroatoms. The van der Waals surface area contributed by atoms with Crippen molar-refractivity contribution in [3.05, 3.63) is 64.8 Å². The summed E-state index contributed by atoms with van der Waals surface area (Å²) >= 11 is 1.60. The summed E-state index contributed by atoms with van der Waals surface area (Å²) in [5, 5.41) is 3.05. The summed E-state index contributed by atoms with van der Waals surface area (Å²) in [7, 11) is 0. The van der Waals surface area contributed by atoms with Crippen molar-refractivity contribution in [2.45, 2.75) is 6.61 Å². The van der Waals surface area contributed by atoms with E-state index in [0.29, 0.717) is 0 Å². The van der Waals surface area contributed by atoms with Crippen LogP contribution in [0.3, 0.4) is 0 Å². The largest absolute Gasteiger partial charge is 0.457 e. The van der Waals surface area contributed by atoms with Gasteiger partial charge in [0, 0.05) is 10.3 Å². The number of carbonyl (C=O) groups is 1. The molecule has 0 amide bonds. The molecule has 0 aliphatic heterocycles. The maximum atomic E-state index is 13.1. The zero-order chi connectivity index (χ0) is 14.8. The van der Waals surface area contributed by atoms with Crippen LogP contribution in [-0.4, -0.2) is 5.97 Å². The maximum absolute atomic E-state index is 13.1. The molecule has 106 valence electrons. The third-order valence-electron chi connectivity index (χ3n) is 3.15. The zero-order valence-electron chi connectivity index (χ0n) is 11.0. The highest BCUT2D eigenvalue weighted by Crippen LogP contribution is 2.26. The molecule has 2 N–H and O–H groups in total. The van der Waals surface area contributed by atoms with Gasteiger partial charge in [-0.15, -0.1) is 11.3 Å². The van der Waals surface area contributed by atoms with E-state index < -0.39 is 11.8 Å². The summed E-state index contributed by atoms with van der Waals surface area (Å²) in [6, 6.07) is 11.7. The first kappa shape index (κ1) is 13.6. The number of esters is 1. The number of nitrogens with two attached hydrogens (primary N) is 1. The van der Waals surface area contributed by atoms with E-state index in [1.165, 1.54) is 12.1 Å². The van der Waals surface area contributed by atoms with E-state index in [1.807, 2.05) is 29.6 Å². The molecule has 21 heavy (non-hydrogen) atoms. The standard InChI is InChI=1S/C16H12FNO2S/c17-13-6-5-10(7-14(13)18)16(19)20-8-11-9-21-15-4-2-1-3-12(11)15/h1-7,9H,8,18H2. The molecule has 0 aliphatic rings. The van der Waals surface area contributed by atoms with E-state index in [9.17, 15) is 9.18 Å². The SMILES string of the molecule is Nc1cc(C(=O)OCc2csc3ccccc23)ccc1F. The Bertz CT molecular complexity index is 813. The number of hydrogen-bond donors (Lipinski definition) is 1. The van der Waals surface area contributed by atoms with Gasteiger partial charge in [0.2, 0.25) is 0 Å². The van der Waals surface area contributed by atoms with Crippen LogP contribution < -0.4 is 5.73 Å². The normalized spacial score (nSPS) is 10.7. The molecule has 1 heterocycles. The van der Waals surface area contributed by atoms with Crippen LogP contribution in [0.5, 0.6) is 0 Å². The Balaban J connectivity index is 1.75. The lowest BCUT2D eigenvalue weighted by Gasteiger charge is -2.05. The quantitative estimate of drug-likeness (QED) is 0.588. The number of carbonyl (C=O) groups excluding carboxylic acids is 1. The lowest BCUT2D eigenvalue weighted by molar-refractivity contribution is 0.0475. The lowest BCUT2D eigenvalue weighted by Crippen LogP contribution is -2.06. The summed E-state index contributed by atoms with van der Waals surface area (Å²) < 4.78 is 19.5. The van der Waals surface area contributed by atoms with Crippen molar-refractivity contribution in [2.24, 2.45) is 0 Å². The van der Waals surface area contributed by atoms with Gasteiger partial charge in [-0.05, 0) is 35.0 Å². The molecule has 3 rings (SSSR count). The maximum Gasteiger partial charge on any atom is 0.338 e. The molecule has 1 aromatic heterocycles. The molecular formula is C16H12FNO2S. The van der Waals surface area contributed by atoms with E-state index in [4.69, 9.17) is 10.5 Å². The van der Waals surface area contributed by atoms with E-state index in [-0.39, 0.29) is 17.9 Å². The predicted octanol–water partition coefficient (Wildman–Crippen LogP) is 3.98. The number of nitrogen functional groups attached to an aromatic ring is 1. The number of rotatable bonds is 3. The van der Waals surface area contributed by atoms with Gasteiger partial charge in [-0.3, -0.25) is 0 Å². The summed E-state index contributed by atoms with van der Waals surface area (Å²) in [5.41, 5.74) is 6.58. The molecule has 0 fully saturated rings. The Morgan fingerprint density at radius 3 is 2.86 bits per heavy atom. The van der Waals surface area contributed by atoms with E-state index >= 15 is 0 Å². The molecule has 0 saturated heterocycles. The van der Waals surface area contributed by atoms with Gasteiger partial charge in [0.25, 0.3) is 0 Å². The number of anilines is 1. The average Bonchev–Trinajstić information content (AvgIpc) is 2.91. The van der Waals surface area contributed by atoms with Gasteiger partial charge in [-0.25, -0.2) is 9.18 Å². The Kier molecular flexibility index (Phi) is 3.58.